The van der Waals surface area contributed by atoms with E-state index in [0.29, 0.717) is 6.42 Å². The molecule has 1 unspecified atom stereocenters. The average Bonchev–Trinajstić information content (AvgIpc) is 2.28. The van der Waals surface area contributed by atoms with Crippen molar-refractivity contribution in [2.75, 3.05) is 18.5 Å². The first kappa shape index (κ1) is 17.2. The molecule has 5 heteroatoms. The van der Waals surface area contributed by atoms with Gasteiger partial charge in [0.05, 0.1) is 0 Å². The fourth-order valence-electron chi connectivity index (χ4n) is 1.74. The van der Waals surface area contributed by atoms with Gasteiger partial charge in [0, 0.05) is 11.9 Å². The minimum atomic E-state index is -4.22. The molecule has 0 spiro atoms. The second-order valence-electron chi connectivity index (χ2n) is 4.51. The summed E-state index contributed by atoms with van der Waals surface area (Å²) in [5.74, 6) is 0. The molecule has 0 fully saturated rings. The quantitative estimate of drug-likeness (QED) is 0.432. The Balaban J connectivity index is 3.99. The molecule has 0 N–H and O–H groups in total. The Bertz CT molecular complexity index is 191. The van der Waals surface area contributed by atoms with Crippen molar-refractivity contribution in [3.05, 3.63) is 0 Å². The number of alkyl halides is 4. The molecule has 0 bridgehead atoms. The van der Waals surface area contributed by atoms with Crippen molar-refractivity contribution in [3.8, 4) is 0 Å². The largest absolute Gasteiger partial charge is 0.411 e. The van der Waals surface area contributed by atoms with Gasteiger partial charge in [0.1, 0.15) is 6.61 Å². The fraction of sp³-hybridized carbons (Fsp3) is 1.00. The molecule has 0 aliphatic heterocycles. The van der Waals surface area contributed by atoms with E-state index in [1.165, 1.54) is 0 Å². The van der Waals surface area contributed by atoms with Crippen molar-refractivity contribution < 1.29 is 17.9 Å². The molecule has 0 saturated heterocycles. The Hall–Kier alpha value is 0.230. The number of hydrogen-bond acceptors (Lipinski definition) is 1. The van der Waals surface area contributed by atoms with Gasteiger partial charge in [0.15, 0.2) is 0 Å². The Labute approximate surface area is 110 Å². The molecule has 104 valence electrons. The number of rotatable bonds is 9. The van der Waals surface area contributed by atoms with Gasteiger partial charge in [-0.2, -0.15) is 13.2 Å². The van der Waals surface area contributed by atoms with Gasteiger partial charge >= 0.3 is 6.18 Å². The first-order valence-electron chi connectivity index (χ1n) is 6.09. The van der Waals surface area contributed by atoms with E-state index in [1.54, 1.807) is 0 Å². The molecule has 0 saturated carbocycles. The maximum absolute atomic E-state index is 11.9. The zero-order valence-corrected chi connectivity index (χ0v) is 12.2. The lowest BCUT2D eigenvalue weighted by molar-refractivity contribution is -0.175. The molecular formula is C12H22BrF3O. The van der Waals surface area contributed by atoms with Crippen molar-refractivity contribution in [2.45, 2.75) is 52.1 Å². The van der Waals surface area contributed by atoms with Crippen LogP contribution in [-0.4, -0.2) is 24.7 Å². The first-order chi connectivity index (χ1) is 7.89. The summed E-state index contributed by atoms with van der Waals surface area (Å²) < 4.78 is 40.4. The van der Waals surface area contributed by atoms with Crippen LogP contribution < -0.4 is 0 Å². The van der Waals surface area contributed by atoms with Crippen LogP contribution in [0.4, 0.5) is 13.2 Å². The third-order valence-corrected chi connectivity index (χ3v) is 4.33. The number of unbranched alkanes of at least 4 members (excludes halogenated alkanes) is 1. The zero-order chi connectivity index (χ0) is 13.4. The number of ether oxygens (including phenoxy) is 1. The van der Waals surface area contributed by atoms with E-state index in [0.717, 1.165) is 31.0 Å². The Morgan fingerprint density at radius 3 is 2.18 bits per heavy atom. The lowest BCUT2D eigenvalue weighted by Crippen LogP contribution is -2.25. The predicted octanol–water partition coefficient (Wildman–Crippen LogP) is 4.94. The van der Waals surface area contributed by atoms with Gasteiger partial charge in [-0.25, -0.2) is 0 Å². The first-order valence-corrected chi connectivity index (χ1v) is 7.22. The highest BCUT2D eigenvalue weighted by molar-refractivity contribution is 9.09. The average molecular weight is 319 g/mol. The van der Waals surface area contributed by atoms with E-state index >= 15 is 0 Å². The van der Waals surface area contributed by atoms with E-state index in [1.807, 2.05) is 0 Å². The van der Waals surface area contributed by atoms with Gasteiger partial charge in [-0.15, -0.1) is 0 Å². The fourth-order valence-corrected chi connectivity index (χ4v) is 2.69. The van der Waals surface area contributed by atoms with Crippen LogP contribution in [-0.2, 0) is 4.74 Å². The summed E-state index contributed by atoms with van der Waals surface area (Å²) >= 11 is 3.48. The van der Waals surface area contributed by atoms with Gasteiger partial charge in [-0.3, -0.25) is 0 Å². The van der Waals surface area contributed by atoms with Crippen LogP contribution in [0.3, 0.4) is 0 Å². The van der Waals surface area contributed by atoms with E-state index in [4.69, 9.17) is 4.74 Å². The van der Waals surface area contributed by atoms with E-state index in [9.17, 15) is 13.2 Å². The summed E-state index contributed by atoms with van der Waals surface area (Å²) in [6.07, 6.45) is 0.697. The maximum Gasteiger partial charge on any atom is 0.411 e. The van der Waals surface area contributed by atoms with Crippen LogP contribution in [0.15, 0.2) is 0 Å². The minimum Gasteiger partial charge on any atom is -0.372 e. The third-order valence-electron chi connectivity index (χ3n) is 3.14. The van der Waals surface area contributed by atoms with Crippen molar-refractivity contribution >= 4 is 15.9 Å². The molecule has 0 amide bonds. The van der Waals surface area contributed by atoms with Crippen LogP contribution in [0.25, 0.3) is 0 Å². The highest BCUT2D eigenvalue weighted by Gasteiger charge is 2.29. The highest BCUT2D eigenvalue weighted by Crippen LogP contribution is 2.35. The Kier molecular flexibility index (Phi) is 8.47. The molecule has 0 radical (unpaired) electrons. The van der Waals surface area contributed by atoms with Crippen molar-refractivity contribution in [3.63, 3.8) is 0 Å². The van der Waals surface area contributed by atoms with Gasteiger partial charge in [-0.1, -0.05) is 42.6 Å². The molecule has 0 aliphatic carbocycles. The summed E-state index contributed by atoms with van der Waals surface area (Å²) in [5, 5.41) is 0.825. The standard InChI is InChI=1S/C12H22BrF3O/c1-3-5-6-11(4-2,9-13)7-8-17-10-12(14,15)16/h3-10H2,1-2H3. The SMILES string of the molecule is CCCCC(CC)(CBr)CCOCC(F)(F)F. The second-order valence-corrected chi connectivity index (χ2v) is 5.07. The highest BCUT2D eigenvalue weighted by atomic mass is 79.9. The molecule has 0 heterocycles. The lowest BCUT2D eigenvalue weighted by Gasteiger charge is -2.31. The Morgan fingerprint density at radius 2 is 1.76 bits per heavy atom. The molecule has 0 aromatic carbocycles. The molecule has 0 rings (SSSR count). The minimum absolute atomic E-state index is 0.0849. The van der Waals surface area contributed by atoms with Crippen LogP contribution in [0, 0.1) is 5.41 Å². The molecule has 0 aromatic heterocycles. The number of hydrogen-bond donors (Lipinski definition) is 0. The molecular weight excluding hydrogens is 297 g/mol. The summed E-state index contributed by atoms with van der Waals surface area (Å²) in [5.41, 5.74) is 0.0849. The number of halogens is 4. The summed E-state index contributed by atoms with van der Waals surface area (Å²) in [6.45, 7) is 3.25. The van der Waals surface area contributed by atoms with Gasteiger partial charge < -0.3 is 4.74 Å². The molecule has 0 aliphatic rings. The zero-order valence-electron chi connectivity index (χ0n) is 10.6. The second kappa shape index (κ2) is 8.35. The molecule has 1 nitrogen and oxygen atoms in total. The van der Waals surface area contributed by atoms with E-state index < -0.39 is 12.8 Å². The third kappa shape index (κ3) is 8.03. The summed E-state index contributed by atoms with van der Waals surface area (Å²) in [6, 6.07) is 0. The molecule has 1 atom stereocenters. The van der Waals surface area contributed by atoms with Crippen molar-refractivity contribution in [2.24, 2.45) is 5.41 Å². The van der Waals surface area contributed by atoms with Crippen LogP contribution in [0.1, 0.15) is 46.0 Å². The van der Waals surface area contributed by atoms with Crippen LogP contribution >= 0.6 is 15.9 Å². The van der Waals surface area contributed by atoms with Crippen molar-refractivity contribution in [1.29, 1.82) is 0 Å². The van der Waals surface area contributed by atoms with Crippen LogP contribution in [0.2, 0.25) is 0 Å². The van der Waals surface area contributed by atoms with Crippen molar-refractivity contribution in [1.82, 2.24) is 0 Å². The summed E-state index contributed by atoms with van der Waals surface area (Å²) in [7, 11) is 0. The molecule has 17 heavy (non-hydrogen) atoms. The topological polar surface area (TPSA) is 9.23 Å². The maximum atomic E-state index is 11.9. The van der Waals surface area contributed by atoms with E-state index in [-0.39, 0.29) is 12.0 Å². The smallest absolute Gasteiger partial charge is 0.372 e. The van der Waals surface area contributed by atoms with Crippen LogP contribution in [0.5, 0.6) is 0 Å². The Morgan fingerprint density at radius 1 is 1.12 bits per heavy atom. The molecule has 0 aromatic rings. The normalized spacial score (nSPS) is 15.9. The summed E-state index contributed by atoms with van der Waals surface area (Å²) in [4.78, 5) is 0. The lowest BCUT2D eigenvalue weighted by atomic mass is 9.79. The monoisotopic (exact) mass is 318 g/mol. The predicted molar refractivity (Wildman–Crippen MR) is 67.5 cm³/mol. The van der Waals surface area contributed by atoms with Gasteiger partial charge in [0.2, 0.25) is 0 Å². The van der Waals surface area contributed by atoms with Gasteiger partial charge in [-0.05, 0) is 24.7 Å². The van der Waals surface area contributed by atoms with Gasteiger partial charge in [0.25, 0.3) is 0 Å². The van der Waals surface area contributed by atoms with E-state index in [2.05, 4.69) is 29.8 Å².